The first-order valence-electron chi connectivity index (χ1n) is 8.70. The Morgan fingerprint density at radius 2 is 2.20 bits per heavy atom. The monoisotopic (exact) mass is 357 g/mol. The molecule has 1 amide bonds. The van der Waals surface area contributed by atoms with Crippen molar-refractivity contribution in [2.75, 3.05) is 25.0 Å². The van der Waals surface area contributed by atoms with E-state index in [2.05, 4.69) is 16.8 Å². The summed E-state index contributed by atoms with van der Waals surface area (Å²) in [4.78, 5) is 31.3. The lowest BCUT2D eigenvalue weighted by molar-refractivity contribution is -0.117. The average Bonchev–Trinajstić information content (AvgIpc) is 3.18. The van der Waals surface area contributed by atoms with Gasteiger partial charge < -0.3 is 0 Å². The standard InChI is InChI=1S/C18H23N5OS/c1-12-14-7-15(24)22(3)16(14)21-17(20-12)18(2)5-4-6-23(10-18)9-13-8-19-11-25-13/h8,11H,4-7,9-10H2,1-3H3. The Kier molecular flexibility index (Phi) is 4.08. The molecule has 1 atom stereocenters. The molecule has 2 aliphatic rings. The molecule has 132 valence electrons. The number of hydrogen-bond acceptors (Lipinski definition) is 6. The molecular weight excluding hydrogens is 334 g/mol. The molecule has 0 bridgehead atoms. The maximum atomic E-state index is 12.0. The van der Waals surface area contributed by atoms with Crippen LogP contribution < -0.4 is 4.90 Å². The molecule has 0 aromatic carbocycles. The summed E-state index contributed by atoms with van der Waals surface area (Å²) in [7, 11) is 1.81. The Labute approximate surface area is 151 Å². The number of piperidine rings is 1. The zero-order valence-corrected chi connectivity index (χ0v) is 15.8. The van der Waals surface area contributed by atoms with Gasteiger partial charge in [-0.3, -0.25) is 19.6 Å². The van der Waals surface area contributed by atoms with Crippen LogP contribution in [0.4, 0.5) is 5.82 Å². The summed E-state index contributed by atoms with van der Waals surface area (Å²) in [5.74, 6) is 1.78. The predicted molar refractivity (Wildman–Crippen MR) is 97.9 cm³/mol. The molecular formula is C18H23N5OS. The number of anilines is 1. The molecule has 0 aliphatic carbocycles. The van der Waals surface area contributed by atoms with E-state index in [1.807, 2.05) is 25.7 Å². The van der Waals surface area contributed by atoms with Crippen molar-refractivity contribution < 1.29 is 4.79 Å². The van der Waals surface area contributed by atoms with Crippen LogP contribution in [0.15, 0.2) is 11.7 Å². The third kappa shape index (κ3) is 2.95. The lowest BCUT2D eigenvalue weighted by atomic mass is 9.80. The van der Waals surface area contributed by atoms with Gasteiger partial charge in [-0.25, -0.2) is 9.97 Å². The maximum absolute atomic E-state index is 12.0. The summed E-state index contributed by atoms with van der Waals surface area (Å²) < 4.78 is 0. The number of likely N-dealkylation sites (tertiary alicyclic amines) is 1. The van der Waals surface area contributed by atoms with Gasteiger partial charge in [0.25, 0.3) is 0 Å². The number of thiazole rings is 1. The third-order valence-corrected chi connectivity index (χ3v) is 6.15. The van der Waals surface area contributed by atoms with Crippen LogP contribution in [0.5, 0.6) is 0 Å². The highest BCUT2D eigenvalue weighted by molar-refractivity contribution is 7.09. The fraction of sp³-hybridized carbons (Fsp3) is 0.556. The number of carbonyl (C=O) groups excluding carboxylic acids is 1. The Balaban J connectivity index is 1.62. The van der Waals surface area contributed by atoms with Crippen molar-refractivity contribution in [1.29, 1.82) is 0 Å². The number of aromatic nitrogens is 3. The van der Waals surface area contributed by atoms with Crippen molar-refractivity contribution in [3.05, 3.63) is 33.7 Å². The number of amides is 1. The smallest absolute Gasteiger partial charge is 0.232 e. The molecule has 1 unspecified atom stereocenters. The number of rotatable bonds is 3. The second kappa shape index (κ2) is 6.14. The zero-order chi connectivity index (χ0) is 17.6. The van der Waals surface area contributed by atoms with Crippen LogP contribution in [0.2, 0.25) is 0 Å². The van der Waals surface area contributed by atoms with E-state index < -0.39 is 0 Å². The highest BCUT2D eigenvalue weighted by atomic mass is 32.1. The Morgan fingerprint density at radius 1 is 1.36 bits per heavy atom. The number of aryl methyl sites for hydroxylation is 1. The summed E-state index contributed by atoms with van der Waals surface area (Å²) in [5, 5.41) is 0. The van der Waals surface area contributed by atoms with Gasteiger partial charge in [0.15, 0.2) is 0 Å². The lowest BCUT2D eigenvalue weighted by Gasteiger charge is -2.39. The molecule has 4 heterocycles. The van der Waals surface area contributed by atoms with E-state index in [0.29, 0.717) is 6.42 Å². The van der Waals surface area contributed by atoms with E-state index in [-0.39, 0.29) is 11.3 Å². The van der Waals surface area contributed by atoms with E-state index in [4.69, 9.17) is 9.97 Å². The number of carbonyl (C=O) groups is 1. The minimum Gasteiger partial charge on any atom is -0.299 e. The second-order valence-corrected chi connectivity index (χ2v) is 8.38. The Hall–Kier alpha value is -1.86. The number of hydrogen-bond donors (Lipinski definition) is 0. The molecule has 0 radical (unpaired) electrons. The topological polar surface area (TPSA) is 62.2 Å². The first-order chi connectivity index (χ1) is 12.0. The van der Waals surface area contributed by atoms with Crippen molar-refractivity contribution >= 4 is 23.1 Å². The molecule has 0 N–H and O–H groups in total. The van der Waals surface area contributed by atoms with Crippen LogP contribution in [0, 0.1) is 6.92 Å². The molecule has 2 aromatic rings. The Morgan fingerprint density at radius 3 is 2.96 bits per heavy atom. The number of likely N-dealkylation sites (N-methyl/N-ethyl adjacent to an activating group) is 1. The second-order valence-electron chi connectivity index (χ2n) is 7.41. The first kappa shape index (κ1) is 16.6. The van der Waals surface area contributed by atoms with E-state index in [0.717, 1.165) is 55.4 Å². The van der Waals surface area contributed by atoms with Crippen molar-refractivity contribution in [2.24, 2.45) is 0 Å². The van der Waals surface area contributed by atoms with Gasteiger partial charge in [-0.1, -0.05) is 6.92 Å². The van der Waals surface area contributed by atoms with Crippen LogP contribution >= 0.6 is 11.3 Å². The van der Waals surface area contributed by atoms with Crippen LogP contribution in [0.1, 0.15) is 41.7 Å². The van der Waals surface area contributed by atoms with Gasteiger partial charge in [-0.05, 0) is 26.3 Å². The molecule has 0 spiro atoms. The highest BCUT2D eigenvalue weighted by Gasteiger charge is 2.38. The summed E-state index contributed by atoms with van der Waals surface area (Å²) in [6.07, 6.45) is 4.57. The maximum Gasteiger partial charge on any atom is 0.232 e. The summed E-state index contributed by atoms with van der Waals surface area (Å²) in [5.41, 5.74) is 3.73. The van der Waals surface area contributed by atoms with Crippen LogP contribution in [-0.2, 0) is 23.2 Å². The lowest BCUT2D eigenvalue weighted by Crippen LogP contribution is -2.45. The van der Waals surface area contributed by atoms with Gasteiger partial charge in [0.2, 0.25) is 5.91 Å². The van der Waals surface area contributed by atoms with Gasteiger partial charge >= 0.3 is 0 Å². The fourth-order valence-corrected chi connectivity index (χ4v) is 4.56. The molecule has 6 nitrogen and oxygen atoms in total. The first-order valence-corrected chi connectivity index (χ1v) is 9.58. The van der Waals surface area contributed by atoms with Gasteiger partial charge in [0.1, 0.15) is 11.6 Å². The quantitative estimate of drug-likeness (QED) is 0.844. The van der Waals surface area contributed by atoms with E-state index in [9.17, 15) is 4.79 Å². The zero-order valence-electron chi connectivity index (χ0n) is 14.9. The minimum atomic E-state index is -0.0881. The molecule has 1 saturated heterocycles. The summed E-state index contributed by atoms with van der Waals surface area (Å²) >= 11 is 1.70. The molecule has 2 aliphatic heterocycles. The Bertz CT molecular complexity index is 806. The summed E-state index contributed by atoms with van der Waals surface area (Å²) in [6, 6.07) is 0. The predicted octanol–water partition coefficient (Wildman–Crippen LogP) is 2.31. The molecule has 0 saturated carbocycles. The number of nitrogens with zero attached hydrogens (tertiary/aromatic N) is 5. The van der Waals surface area contributed by atoms with Gasteiger partial charge in [-0.2, -0.15) is 0 Å². The van der Waals surface area contributed by atoms with Gasteiger partial charge in [-0.15, -0.1) is 11.3 Å². The van der Waals surface area contributed by atoms with Crippen LogP contribution in [0.25, 0.3) is 0 Å². The van der Waals surface area contributed by atoms with Gasteiger partial charge in [0.05, 0.1) is 11.9 Å². The van der Waals surface area contributed by atoms with Crippen molar-refractivity contribution in [3.63, 3.8) is 0 Å². The minimum absolute atomic E-state index is 0.0881. The van der Waals surface area contributed by atoms with Crippen LogP contribution in [-0.4, -0.2) is 45.9 Å². The van der Waals surface area contributed by atoms with Crippen molar-refractivity contribution in [2.45, 2.75) is 45.1 Å². The SMILES string of the molecule is Cc1nc(C2(C)CCCN(Cc3cncs3)C2)nc2c1CC(=O)N2C. The molecule has 4 rings (SSSR count). The van der Waals surface area contributed by atoms with Gasteiger partial charge in [0, 0.05) is 47.9 Å². The largest absolute Gasteiger partial charge is 0.299 e. The molecule has 25 heavy (non-hydrogen) atoms. The average molecular weight is 357 g/mol. The highest BCUT2D eigenvalue weighted by Crippen LogP contribution is 2.36. The molecule has 1 fully saturated rings. The van der Waals surface area contributed by atoms with Crippen molar-refractivity contribution in [3.8, 4) is 0 Å². The number of fused-ring (bicyclic) bond motifs is 1. The van der Waals surface area contributed by atoms with E-state index in [1.54, 1.807) is 16.2 Å². The summed E-state index contributed by atoms with van der Waals surface area (Å²) in [6.45, 7) is 7.21. The van der Waals surface area contributed by atoms with E-state index >= 15 is 0 Å². The normalized spacial score (nSPS) is 24.0. The fourth-order valence-electron chi connectivity index (χ4n) is 3.93. The van der Waals surface area contributed by atoms with Crippen molar-refractivity contribution in [1.82, 2.24) is 19.9 Å². The molecule has 7 heteroatoms. The van der Waals surface area contributed by atoms with Crippen LogP contribution in [0.3, 0.4) is 0 Å². The molecule has 2 aromatic heterocycles. The third-order valence-electron chi connectivity index (χ3n) is 5.39. The van der Waals surface area contributed by atoms with E-state index in [1.165, 1.54) is 4.88 Å².